The second kappa shape index (κ2) is 6.58. The lowest BCUT2D eigenvalue weighted by Gasteiger charge is -2.08. The standard InChI is InChI=1S/C20H12BrN5O2/c21-14-5-6-15(18-12(14)3-1-8-22-18)25-20(27)13-11-24-26-16(7-9-23-19(13)26)17-4-2-10-28-17/h1-11H,(H,25,27). The van der Waals surface area contributed by atoms with Gasteiger partial charge < -0.3 is 9.73 Å². The maximum Gasteiger partial charge on any atom is 0.261 e. The maximum absolute atomic E-state index is 12.9. The lowest BCUT2D eigenvalue weighted by atomic mass is 10.2. The van der Waals surface area contributed by atoms with E-state index in [4.69, 9.17) is 4.42 Å². The fourth-order valence-corrected chi connectivity index (χ4v) is 3.54. The van der Waals surface area contributed by atoms with Crippen molar-refractivity contribution < 1.29 is 9.21 Å². The molecule has 4 heterocycles. The summed E-state index contributed by atoms with van der Waals surface area (Å²) in [5, 5.41) is 8.16. The molecule has 0 aliphatic rings. The summed E-state index contributed by atoms with van der Waals surface area (Å²) in [6, 6.07) is 12.9. The first-order chi connectivity index (χ1) is 13.7. The minimum absolute atomic E-state index is 0.312. The van der Waals surface area contributed by atoms with Gasteiger partial charge in [-0.05, 0) is 36.4 Å². The van der Waals surface area contributed by atoms with Crippen LogP contribution in [-0.4, -0.2) is 25.5 Å². The van der Waals surface area contributed by atoms with Crippen LogP contribution in [0.25, 0.3) is 28.0 Å². The quantitative estimate of drug-likeness (QED) is 0.450. The maximum atomic E-state index is 12.9. The average Bonchev–Trinajstić information content (AvgIpc) is 3.40. The number of carbonyl (C=O) groups is 1. The van der Waals surface area contributed by atoms with Crippen LogP contribution in [0.2, 0.25) is 0 Å². The SMILES string of the molecule is O=C(Nc1ccc(Br)c2cccnc12)c1cnn2c(-c3ccco3)ccnc12. The molecule has 1 aromatic carbocycles. The number of pyridine rings is 1. The van der Waals surface area contributed by atoms with Gasteiger partial charge in [0.05, 0.1) is 23.7 Å². The number of fused-ring (bicyclic) bond motifs is 2. The molecule has 1 N–H and O–H groups in total. The normalized spacial score (nSPS) is 11.2. The van der Waals surface area contributed by atoms with Crippen LogP contribution in [0.5, 0.6) is 0 Å². The molecular weight excluding hydrogens is 422 g/mol. The van der Waals surface area contributed by atoms with Gasteiger partial charge in [0.25, 0.3) is 5.91 Å². The first-order valence-electron chi connectivity index (χ1n) is 8.43. The molecule has 4 aromatic heterocycles. The molecule has 0 spiro atoms. The summed E-state index contributed by atoms with van der Waals surface area (Å²) >= 11 is 3.51. The number of carbonyl (C=O) groups excluding carboxylic acids is 1. The number of amides is 1. The van der Waals surface area contributed by atoms with Crippen LogP contribution in [0.3, 0.4) is 0 Å². The van der Waals surface area contributed by atoms with E-state index in [1.165, 1.54) is 6.20 Å². The number of hydrogen-bond acceptors (Lipinski definition) is 5. The van der Waals surface area contributed by atoms with Crippen molar-refractivity contribution in [2.45, 2.75) is 0 Å². The van der Waals surface area contributed by atoms with Gasteiger partial charge in [0.15, 0.2) is 11.4 Å². The van der Waals surface area contributed by atoms with Crippen LogP contribution in [0, 0.1) is 0 Å². The number of furan rings is 1. The van der Waals surface area contributed by atoms with Crippen molar-refractivity contribution in [1.29, 1.82) is 0 Å². The molecule has 8 heteroatoms. The second-order valence-corrected chi connectivity index (χ2v) is 6.90. The zero-order valence-corrected chi connectivity index (χ0v) is 15.9. The Morgan fingerprint density at radius 1 is 1.07 bits per heavy atom. The third-order valence-corrected chi connectivity index (χ3v) is 5.08. The molecule has 0 aliphatic carbocycles. The van der Waals surface area contributed by atoms with E-state index >= 15 is 0 Å². The largest absolute Gasteiger partial charge is 0.463 e. The van der Waals surface area contributed by atoms with Crippen LogP contribution in [0.1, 0.15) is 10.4 Å². The van der Waals surface area contributed by atoms with Crippen molar-refractivity contribution in [3.8, 4) is 11.5 Å². The summed E-state index contributed by atoms with van der Waals surface area (Å²) in [5.74, 6) is 0.332. The van der Waals surface area contributed by atoms with Crippen LogP contribution in [0.4, 0.5) is 5.69 Å². The van der Waals surface area contributed by atoms with Crippen molar-refractivity contribution in [1.82, 2.24) is 19.6 Å². The van der Waals surface area contributed by atoms with Gasteiger partial charge in [-0.2, -0.15) is 5.10 Å². The number of rotatable bonds is 3. The minimum atomic E-state index is -0.312. The van der Waals surface area contributed by atoms with Crippen LogP contribution in [-0.2, 0) is 0 Å². The van der Waals surface area contributed by atoms with E-state index in [1.807, 2.05) is 30.3 Å². The molecule has 1 amide bonds. The monoisotopic (exact) mass is 433 g/mol. The molecule has 28 heavy (non-hydrogen) atoms. The smallest absolute Gasteiger partial charge is 0.261 e. The van der Waals surface area contributed by atoms with Gasteiger partial charge in [-0.3, -0.25) is 9.78 Å². The molecule has 136 valence electrons. The topological polar surface area (TPSA) is 85.3 Å². The summed E-state index contributed by atoms with van der Waals surface area (Å²) in [6.45, 7) is 0. The number of aromatic nitrogens is 4. The molecule has 0 aliphatic heterocycles. The molecule has 0 radical (unpaired) electrons. The Bertz CT molecular complexity index is 1330. The van der Waals surface area contributed by atoms with Gasteiger partial charge in [-0.25, -0.2) is 9.50 Å². The fourth-order valence-electron chi connectivity index (χ4n) is 3.09. The molecule has 5 rings (SSSR count). The molecule has 0 fully saturated rings. The molecular formula is C20H12BrN5O2. The van der Waals surface area contributed by atoms with E-state index in [9.17, 15) is 4.79 Å². The number of hydrogen-bond donors (Lipinski definition) is 1. The highest BCUT2D eigenvalue weighted by Crippen LogP contribution is 2.29. The number of benzene rings is 1. The zero-order chi connectivity index (χ0) is 19.1. The lowest BCUT2D eigenvalue weighted by Crippen LogP contribution is -2.12. The van der Waals surface area contributed by atoms with Crippen molar-refractivity contribution in [2.24, 2.45) is 0 Å². The van der Waals surface area contributed by atoms with Gasteiger partial charge in [0, 0.05) is 22.3 Å². The highest BCUT2D eigenvalue weighted by Gasteiger charge is 2.18. The van der Waals surface area contributed by atoms with Gasteiger partial charge in [0.2, 0.25) is 0 Å². The summed E-state index contributed by atoms with van der Waals surface area (Å²) < 4.78 is 7.95. The Balaban J connectivity index is 1.56. The van der Waals surface area contributed by atoms with Crippen LogP contribution >= 0.6 is 15.9 Å². The van der Waals surface area contributed by atoms with Gasteiger partial charge in [0.1, 0.15) is 11.3 Å². The Labute approximate surface area is 167 Å². The van der Waals surface area contributed by atoms with E-state index in [1.54, 1.807) is 35.3 Å². The van der Waals surface area contributed by atoms with Crippen molar-refractivity contribution in [3.05, 3.63) is 77.4 Å². The van der Waals surface area contributed by atoms with Gasteiger partial charge in [-0.1, -0.05) is 22.0 Å². The minimum Gasteiger partial charge on any atom is -0.463 e. The fraction of sp³-hybridized carbons (Fsp3) is 0. The highest BCUT2D eigenvalue weighted by molar-refractivity contribution is 9.10. The van der Waals surface area contributed by atoms with Gasteiger partial charge >= 0.3 is 0 Å². The molecule has 0 saturated heterocycles. The number of halogens is 1. The van der Waals surface area contributed by atoms with E-state index in [-0.39, 0.29) is 5.91 Å². The third-order valence-electron chi connectivity index (χ3n) is 4.38. The molecule has 0 unspecified atom stereocenters. The first kappa shape index (κ1) is 16.6. The van der Waals surface area contributed by atoms with E-state index in [0.29, 0.717) is 33.9 Å². The summed E-state index contributed by atoms with van der Waals surface area (Å²) in [4.78, 5) is 21.7. The van der Waals surface area contributed by atoms with Crippen LogP contribution in [0.15, 0.2) is 76.2 Å². The highest BCUT2D eigenvalue weighted by atomic mass is 79.9. The first-order valence-corrected chi connectivity index (χ1v) is 9.23. The molecule has 5 aromatic rings. The van der Waals surface area contributed by atoms with Crippen molar-refractivity contribution >= 4 is 44.1 Å². The summed E-state index contributed by atoms with van der Waals surface area (Å²) in [7, 11) is 0. The molecule has 0 bridgehead atoms. The lowest BCUT2D eigenvalue weighted by molar-refractivity contribution is 0.102. The van der Waals surface area contributed by atoms with Crippen molar-refractivity contribution in [3.63, 3.8) is 0 Å². The molecule has 0 atom stereocenters. The Kier molecular flexibility index (Phi) is 3.91. The molecule has 7 nitrogen and oxygen atoms in total. The predicted octanol–water partition coefficient (Wildman–Crippen LogP) is 4.55. The van der Waals surface area contributed by atoms with Crippen LogP contribution < -0.4 is 5.32 Å². The second-order valence-electron chi connectivity index (χ2n) is 6.05. The Hall–Kier alpha value is -3.52. The molecule has 0 saturated carbocycles. The number of nitrogens with one attached hydrogen (secondary N) is 1. The average molecular weight is 434 g/mol. The van der Waals surface area contributed by atoms with Gasteiger partial charge in [-0.15, -0.1) is 0 Å². The van der Waals surface area contributed by atoms with Crippen molar-refractivity contribution in [2.75, 3.05) is 5.32 Å². The number of anilines is 1. The summed E-state index contributed by atoms with van der Waals surface area (Å²) in [5.41, 5.74) is 2.84. The summed E-state index contributed by atoms with van der Waals surface area (Å²) in [6.07, 6.45) is 6.40. The Morgan fingerprint density at radius 2 is 2.00 bits per heavy atom. The Morgan fingerprint density at radius 3 is 2.86 bits per heavy atom. The predicted molar refractivity (Wildman–Crippen MR) is 108 cm³/mol. The zero-order valence-electron chi connectivity index (χ0n) is 14.3. The van der Waals surface area contributed by atoms with E-state index < -0.39 is 0 Å². The number of nitrogens with zero attached hydrogens (tertiary/aromatic N) is 4. The third kappa shape index (κ3) is 2.66. The van der Waals surface area contributed by atoms with E-state index in [0.717, 1.165) is 9.86 Å². The van der Waals surface area contributed by atoms with E-state index in [2.05, 4.69) is 36.3 Å².